The van der Waals surface area contributed by atoms with Crippen LogP contribution in [-0.2, 0) is 10.0 Å². The molecule has 0 bridgehead atoms. The molecule has 0 heterocycles. The first kappa shape index (κ1) is 12.9. The molecule has 0 rings (SSSR count). The standard InChI is InChI=1S/C8H20N2O2S/c1-5-8-13(11,12)10(4)7-6-9(2)3/h5-8H2,1-4H3. The molecule has 4 nitrogen and oxygen atoms in total. The molecule has 0 fully saturated rings. The van der Waals surface area contributed by atoms with Crippen molar-refractivity contribution in [1.29, 1.82) is 0 Å². The number of sulfonamides is 1. The number of hydrogen-bond acceptors (Lipinski definition) is 3. The SMILES string of the molecule is CCCS(=O)(=O)N(C)CCN(C)C. The van der Waals surface area contributed by atoms with E-state index in [0.29, 0.717) is 13.0 Å². The van der Waals surface area contributed by atoms with Crippen molar-refractivity contribution in [3.05, 3.63) is 0 Å². The van der Waals surface area contributed by atoms with Gasteiger partial charge in [-0.25, -0.2) is 12.7 Å². The highest BCUT2D eigenvalue weighted by atomic mass is 32.2. The lowest BCUT2D eigenvalue weighted by molar-refractivity contribution is 0.358. The van der Waals surface area contributed by atoms with Crippen LogP contribution in [0, 0.1) is 0 Å². The van der Waals surface area contributed by atoms with Crippen LogP contribution in [0.3, 0.4) is 0 Å². The van der Waals surface area contributed by atoms with Crippen molar-refractivity contribution < 1.29 is 8.42 Å². The Bertz CT molecular complexity index is 224. The molecule has 0 saturated carbocycles. The van der Waals surface area contributed by atoms with Crippen molar-refractivity contribution in [2.24, 2.45) is 0 Å². The van der Waals surface area contributed by atoms with Gasteiger partial charge in [-0.05, 0) is 20.5 Å². The van der Waals surface area contributed by atoms with Crippen LogP contribution in [0.2, 0.25) is 0 Å². The lowest BCUT2D eigenvalue weighted by Crippen LogP contribution is -2.34. The van der Waals surface area contributed by atoms with E-state index in [-0.39, 0.29) is 5.75 Å². The minimum atomic E-state index is -3.00. The third-order valence-corrected chi connectivity index (χ3v) is 3.86. The Balaban J connectivity index is 4.02. The smallest absolute Gasteiger partial charge is 0.213 e. The molecule has 0 aliphatic heterocycles. The maximum atomic E-state index is 11.5. The molecule has 0 aliphatic carbocycles. The summed E-state index contributed by atoms with van der Waals surface area (Å²) in [5.41, 5.74) is 0. The molecule has 0 spiro atoms. The van der Waals surface area contributed by atoms with Crippen molar-refractivity contribution in [2.45, 2.75) is 13.3 Å². The first-order valence-corrected chi connectivity index (χ1v) is 6.09. The fourth-order valence-electron chi connectivity index (χ4n) is 0.894. The Morgan fingerprint density at radius 3 is 2.00 bits per heavy atom. The normalized spacial score (nSPS) is 12.8. The molecule has 0 aromatic rings. The quantitative estimate of drug-likeness (QED) is 0.627. The van der Waals surface area contributed by atoms with Crippen molar-refractivity contribution >= 4 is 10.0 Å². The van der Waals surface area contributed by atoms with Gasteiger partial charge in [0.2, 0.25) is 10.0 Å². The van der Waals surface area contributed by atoms with Crippen LogP contribution in [0.4, 0.5) is 0 Å². The van der Waals surface area contributed by atoms with Gasteiger partial charge in [-0.1, -0.05) is 6.92 Å². The number of rotatable bonds is 6. The maximum Gasteiger partial charge on any atom is 0.213 e. The van der Waals surface area contributed by atoms with Crippen molar-refractivity contribution in [2.75, 3.05) is 40.0 Å². The average molecular weight is 208 g/mol. The Hall–Kier alpha value is -0.130. The maximum absolute atomic E-state index is 11.5. The third-order valence-electron chi connectivity index (χ3n) is 1.80. The molecule has 0 saturated heterocycles. The number of likely N-dealkylation sites (N-methyl/N-ethyl adjacent to an activating group) is 2. The van der Waals surface area contributed by atoms with Gasteiger partial charge in [0.1, 0.15) is 0 Å². The van der Waals surface area contributed by atoms with Gasteiger partial charge in [-0.3, -0.25) is 0 Å². The number of hydrogen-bond donors (Lipinski definition) is 0. The van der Waals surface area contributed by atoms with E-state index in [9.17, 15) is 8.42 Å². The zero-order chi connectivity index (χ0) is 10.5. The van der Waals surface area contributed by atoms with E-state index >= 15 is 0 Å². The summed E-state index contributed by atoms with van der Waals surface area (Å²) in [4.78, 5) is 1.97. The zero-order valence-electron chi connectivity index (χ0n) is 8.95. The second-order valence-electron chi connectivity index (χ2n) is 3.44. The summed E-state index contributed by atoms with van der Waals surface area (Å²) in [6, 6.07) is 0. The Morgan fingerprint density at radius 1 is 1.08 bits per heavy atom. The van der Waals surface area contributed by atoms with Gasteiger partial charge in [-0.2, -0.15) is 0 Å². The van der Waals surface area contributed by atoms with Gasteiger partial charge < -0.3 is 4.90 Å². The highest BCUT2D eigenvalue weighted by molar-refractivity contribution is 7.89. The lowest BCUT2D eigenvalue weighted by Gasteiger charge is -2.18. The Kier molecular flexibility index (Phi) is 5.51. The first-order chi connectivity index (χ1) is 5.90. The molecule has 0 aromatic heterocycles. The molecule has 0 atom stereocenters. The average Bonchev–Trinajstić information content (AvgIpc) is 1.99. The van der Waals surface area contributed by atoms with Crippen LogP contribution in [0.5, 0.6) is 0 Å². The van der Waals surface area contributed by atoms with E-state index in [4.69, 9.17) is 0 Å². The van der Waals surface area contributed by atoms with Crippen molar-refractivity contribution in [3.63, 3.8) is 0 Å². The summed E-state index contributed by atoms with van der Waals surface area (Å²) in [6.45, 7) is 3.20. The summed E-state index contributed by atoms with van der Waals surface area (Å²) in [5, 5.41) is 0. The minimum Gasteiger partial charge on any atom is -0.308 e. The van der Waals surface area contributed by atoms with Gasteiger partial charge >= 0.3 is 0 Å². The van der Waals surface area contributed by atoms with Gasteiger partial charge in [0, 0.05) is 20.1 Å². The molecule has 13 heavy (non-hydrogen) atoms. The molecular formula is C8H20N2O2S. The second-order valence-corrected chi connectivity index (χ2v) is 5.64. The lowest BCUT2D eigenvalue weighted by atomic mass is 10.6. The molecule has 0 unspecified atom stereocenters. The monoisotopic (exact) mass is 208 g/mol. The first-order valence-electron chi connectivity index (χ1n) is 4.49. The molecule has 0 radical (unpaired) electrons. The van der Waals surface area contributed by atoms with Gasteiger partial charge in [0.25, 0.3) is 0 Å². The predicted octanol–water partition coefficient (Wildman–Crippen LogP) is 0.220. The van der Waals surface area contributed by atoms with E-state index in [1.165, 1.54) is 4.31 Å². The molecule has 0 N–H and O–H groups in total. The third kappa shape index (κ3) is 5.23. The Labute approximate surface area is 81.6 Å². The molecular weight excluding hydrogens is 188 g/mol. The van der Waals surface area contributed by atoms with E-state index in [2.05, 4.69) is 0 Å². The number of nitrogens with zero attached hydrogens (tertiary/aromatic N) is 2. The van der Waals surface area contributed by atoms with Crippen molar-refractivity contribution in [1.82, 2.24) is 9.21 Å². The van der Waals surface area contributed by atoms with Crippen LogP contribution >= 0.6 is 0 Å². The predicted molar refractivity (Wildman–Crippen MR) is 55.3 cm³/mol. The van der Waals surface area contributed by atoms with Crippen LogP contribution in [-0.4, -0.2) is 57.6 Å². The zero-order valence-corrected chi connectivity index (χ0v) is 9.76. The molecule has 5 heteroatoms. The van der Waals surface area contributed by atoms with E-state index in [0.717, 1.165) is 6.54 Å². The van der Waals surface area contributed by atoms with E-state index in [1.54, 1.807) is 7.05 Å². The van der Waals surface area contributed by atoms with E-state index < -0.39 is 10.0 Å². The van der Waals surface area contributed by atoms with Gasteiger partial charge in [-0.15, -0.1) is 0 Å². The van der Waals surface area contributed by atoms with Crippen LogP contribution < -0.4 is 0 Å². The minimum absolute atomic E-state index is 0.247. The largest absolute Gasteiger partial charge is 0.308 e. The van der Waals surface area contributed by atoms with Gasteiger partial charge in [0.05, 0.1) is 5.75 Å². The molecule has 0 aliphatic rings. The fourth-order valence-corrected chi connectivity index (χ4v) is 2.08. The molecule has 0 aromatic carbocycles. The molecule has 80 valence electrons. The summed E-state index contributed by atoms with van der Waals surface area (Å²) in [7, 11) is 2.50. The highest BCUT2D eigenvalue weighted by Crippen LogP contribution is 1.99. The fraction of sp³-hybridized carbons (Fsp3) is 1.00. The topological polar surface area (TPSA) is 40.6 Å². The summed E-state index contributed by atoms with van der Waals surface area (Å²) >= 11 is 0. The Morgan fingerprint density at radius 2 is 1.62 bits per heavy atom. The van der Waals surface area contributed by atoms with E-state index in [1.807, 2.05) is 25.9 Å². The summed E-state index contributed by atoms with van der Waals surface area (Å²) in [5.74, 6) is 0.247. The summed E-state index contributed by atoms with van der Waals surface area (Å²) in [6.07, 6.45) is 0.675. The summed E-state index contributed by atoms with van der Waals surface area (Å²) < 4.78 is 24.3. The molecule has 0 amide bonds. The van der Waals surface area contributed by atoms with Crippen molar-refractivity contribution in [3.8, 4) is 0 Å². The van der Waals surface area contributed by atoms with Crippen LogP contribution in [0.15, 0.2) is 0 Å². The second kappa shape index (κ2) is 5.57. The van der Waals surface area contributed by atoms with Gasteiger partial charge in [0.15, 0.2) is 0 Å². The highest BCUT2D eigenvalue weighted by Gasteiger charge is 2.15. The van der Waals surface area contributed by atoms with Crippen LogP contribution in [0.25, 0.3) is 0 Å². The van der Waals surface area contributed by atoms with Crippen LogP contribution in [0.1, 0.15) is 13.3 Å².